The van der Waals surface area contributed by atoms with Crippen molar-refractivity contribution < 1.29 is 28.6 Å². The van der Waals surface area contributed by atoms with Crippen LogP contribution in [0, 0.1) is 0 Å². The van der Waals surface area contributed by atoms with Crippen molar-refractivity contribution in [1.82, 2.24) is 0 Å². The van der Waals surface area contributed by atoms with Crippen LogP contribution in [0.4, 0.5) is 0 Å². The van der Waals surface area contributed by atoms with E-state index in [0.717, 1.165) is 57.8 Å². The number of hydrogen-bond donors (Lipinski definition) is 0. The number of rotatable bonds is 55. The lowest BCUT2D eigenvalue weighted by Crippen LogP contribution is -2.30. The average molecular weight is 920 g/mol. The molecule has 0 aliphatic heterocycles. The Kier molecular flexibility index (Phi) is 53.7. The minimum atomic E-state index is -0.760. The summed E-state index contributed by atoms with van der Waals surface area (Å²) in [4.78, 5) is 38.1. The molecule has 386 valence electrons. The predicted octanol–water partition coefficient (Wildman–Crippen LogP) is 19.5. The summed E-state index contributed by atoms with van der Waals surface area (Å²) in [6.45, 7) is 6.70. The van der Waals surface area contributed by atoms with Crippen molar-refractivity contribution >= 4 is 17.9 Å². The Morgan fingerprint density at radius 3 is 0.615 bits per heavy atom. The SMILES string of the molecule is CCCCCCCCCCCCCCCCCCCCCCC(=O)OCC(COC(=O)CCCCCCCCCCCC)OC(=O)CCCCCCCCCCCCCCCCCCC. The van der Waals surface area contributed by atoms with Crippen LogP contribution in [0.5, 0.6) is 0 Å². The third kappa shape index (κ3) is 53.2. The lowest BCUT2D eigenvalue weighted by molar-refractivity contribution is -0.167. The molecule has 0 aromatic carbocycles. The molecule has 0 heterocycles. The summed E-state index contributed by atoms with van der Waals surface area (Å²) in [6, 6.07) is 0. The van der Waals surface area contributed by atoms with Crippen molar-refractivity contribution in [3.05, 3.63) is 0 Å². The second-order valence-electron chi connectivity index (χ2n) is 20.3. The van der Waals surface area contributed by atoms with Crippen molar-refractivity contribution in [3.63, 3.8) is 0 Å². The van der Waals surface area contributed by atoms with E-state index in [-0.39, 0.29) is 31.1 Å². The van der Waals surface area contributed by atoms with Gasteiger partial charge in [0.25, 0.3) is 0 Å². The molecule has 0 spiro atoms. The van der Waals surface area contributed by atoms with Crippen LogP contribution in [0.15, 0.2) is 0 Å². The van der Waals surface area contributed by atoms with Crippen LogP contribution in [-0.2, 0) is 28.6 Å². The van der Waals surface area contributed by atoms with Crippen molar-refractivity contribution in [2.24, 2.45) is 0 Å². The monoisotopic (exact) mass is 919 g/mol. The zero-order chi connectivity index (χ0) is 47.2. The zero-order valence-electron chi connectivity index (χ0n) is 44.3. The molecule has 0 rings (SSSR count). The maximum absolute atomic E-state index is 12.8. The lowest BCUT2D eigenvalue weighted by Gasteiger charge is -2.18. The summed E-state index contributed by atoms with van der Waals surface area (Å²) < 4.78 is 16.9. The molecule has 0 bridgehead atoms. The van der Waals surface area contributed by atoms with Gasteiger partial charge in [0.1, 0.15) is 13.2 Å². The Morgan fingerprint density at radius 2 is 0.415 bits per heavy atom. The van der Waals surface area contributed by atoms with Crippen molar-refractivity contribution in [2.75, 3.05) is 13.2 Å². The number of ether oxygens (including phenoxy) is 3. The Hall–Kier alpha value is -1.59. The van der Waals surface area contributed by atoms with Crippen molar-refractivity contribution in [1.29, 1.82) is 0 Å². The molecule has 0 fully saturated rings. The van der Waals surface area contributed by atoms with E-state index in [0.29, 0.717) is 19.3 Å². The molecular weight excluding hydrogens is 805 g/mol. The largest absolute Gasteiger partial charge is 0.462 e. The minimum absolute atomic E-state index is 0.0612. The van der Waals surface area contributed by atoms with Gasteiger partial charge in [0.2, 0.25) is 0 Å². The van der Waals surface area contributed by atoms with E-state index < -0.39 is 6.10 Å². The molecule has 0 radical (unpaired) electrons. The molecule has 0 aliphatic rings. The lowest BCUT2D eigenvalue weighted by atomic mass is 10.0. The Morgan fingerprint density at radius 1 is 0.246 bits per heavy atom. The average Bonchev–Trinajstić information content (AvgIpc) is 3.30. The van der Waals surface area contributed by atoms with Gasteiger partial charge < -0.3 is 14.2 Å². The molecule has 0 aromatic heterocycles. The van der Waals surface area contributed by atoms with Crippen LogP contribution in [-0.4, -0.2) is 37.2 Å². The first-order chi connectivity index (χ1) is 32.0. The van der Waals surface area contributed by atoms with E-state index in [1.165, 1.54) is 244 Å². The molecule has 0 amide bonds. The van der Waals surface area contributed by atoms with Crippen LogP contribution in [0.25, 0.3) is 0 Å². The van der Waals surface area contributed by atoms with Crippen LogP contribution in [0.3, 0.4) is 0 Å². The van der Waals surface area contributed by atoms with E-state index in [2.05, 4.69) is 20.8 Å². The third-order valence-corrected chi connectivity index (χ3v) is 13.6. The summed E-state index contributed by atoms with van der Waals surface area (Å²) in [6.07, 6.45) is 61.0. The van der Waals surface area contributed by atoms with E-state index in [9.17, 15) is 14.4 Å². The van der Waals surface area contributed by atoms with E-state index >= 15 is 0 Å². The molecule has 1 atom stereocenters. The van der Waals surface area contributed by atoms with Gasteiger partial charge >= 0.3 is 17.9 Å². The predicted molar refractivity (Wildman–Crippen MR) is 280 cm³/mol. The van der Waals surface area contributed by atoms with E-state index in [1.54, 1.807) is 0 Å². The maximum atomic E-state index is 12.8. The number of hydrogen-bond acceptors (Lipinski definition) is 6. The highest BCUT2D eigenvalue weighted by atomic mass is 16.6. The van der Waals surface area contributed by atoms with Gasteiger partial charge in [-0.3, -0.25) is 14.4 Å². The second kappa shape index (κ2) is 55.0. The van der Waals surface area contributed by atoms with Crippen LogP contribution in [0.2, 0.25) is 0 Å². The highest BCUT2D eigenvalue weighted by Crippen LogP contribution is 2.18. The van der Waals surface area contributed by atoms with Gasteiger partial charge in [0.15, 0.2) is 6.10 Å². The molecule has 0 saturated heterocycles. The van der Waals surface area contributed by atoms with Crippen LogP contribution < -0.4 is 0 Å². The van der Waals surface area contributed by atoms with Gasteiger partial charge in [-0.2, -0.15) is 0 Å². The molecule has 1 unspecified atom stereocenters. The Labute approximate surface area is 406 Å². The van der Waals surface area contributed by atoms with Gasteiger partial charge in [0, 0.05) is 19.3 Å². The normalized spacial score (nSPS) is 11.9. The molecule has 65 heavy (non-hydrogen) atoms. The van der Waals surface area contributed by atoms with E-state index in [1.807, 2.05) is 0 Å². The van der Waals surface area contributed by atoms with Gasteiger partial charge in [0.05, 0.1) is 0 Å². The Balaban J connectivity index is 4.21. The summed E-state index contributed by atoms with van der Waals surface area (Å²) in [5.41, 5.74) is 0. The molecule has 6 heteroatoms. The maximum Gasteiger partial charge on any atom is 0.306 e. The molecule has 0 aromatic rings. The standard InChI is InChI=1S/C59H114O6/c1-4-7-10-13-16-19-22-24-26-28-29-30-32-33-35-37-40-43-46-49-52-58(61)64-55-56(54-63-57(60)51-48-45-42-39-21-18-15-12-9-6-3)65-59(62)53-50-47-44-41-38-36-34-31-27-25-23-20-17-14-11-8-5-2/h56H,4-55H2,1-3H3. The topological polar surface area (TPSA) is 78.9 Å². The number of unbranched alkanes of at least 4 members (excludes halogenated alkanes) is 44. The first-order valence-corrected chi connectivity index (χ1v) is 29.5. The van der Waals surface area contributed by atoms with Crippen LogP contribution in [0.1, 0.15) is 342 Å². The fraction of sp³-hybridized carbons (Fsp3) is 0.949. The van der Waals surface area contributed by atoms with Crippen LogP contribution >= 0.6 is 0 Å². The van der Waals surface area contributed by atoms with Gasteiger partial charge in [-0.15, -0.1) is 0 Å². The summed E-state index contributed by atoms with van der Waals surface area (Å²) in [7, 11) is 0. The molecule has 0 saturated carbocycles. The fourth-order valence-electron chi connectivity index (χ4n) is 9.15. The quantitative estimate of drug-likeness (QED) is 0.0344. The van der Waals surface area contributed by atoms with E-state index in [4.69, 9.17) is 14.2 Å². The number of carbonyl (C=O) groups excluding carboxylic acids is 3. The Bertz CT molecular complexity index is 967. The first kappa shape index (κ1) is 63.4. The highest BCUT2D eigenvalue weighted by Gasteiger charge is 2.19. The van der Waals surface area contributed by atoms with Crippen molar-refractivity contribution in [2.45, 2.75) is 348 Å². The molecule has 0 aliphatic carbocycles. The molecule has 6 nitrogen and oxygen atoms in total. The smallest absolute Gasteiger partial charge is 0.306 e. The van der Waals surface area contributed by atoms with Gasteiger partial charge in [-0.05, 0) is 19.3 Å². The second-order valence-corrected chi connectivity index (χ2v) is 20.3. The number of esters is 3. The van der Waals surface area contributed by atoms with Gasteiger partial charge in [-0.1, -0.05) is 303 Å². The zero-order valence-corrected chi connectivity index (χ0v) is 44.3. The summed E-state index contributed by atoms with van der Waals surface area (Å²) in [5.74, 6) is -0.834. The number of carbonyl (C=O) groups is 3. The first-order valence-electron chi connectivity index (χ1n) is 29.5. The highest BCUT2D eigenvalue weighted by molar-refractivity contribution is 5.71. The fourth-order valence-corrected chi connectivity index (χ4v) is 9.15. The third-order valence-electron chi connectivity index (χ3n) is 13.6. The molecular formula is C59H114O6. The summed E-state index contributed by atoms with van der Waals surface area (Å²) in [5, 5.41) is 0. The molecule has 0 N–H and O–H groups in total. The summed E-state index contributed by atoms with van der Waals surface area (Å²) >= 11 is 0. The minimum Gasteiger partial charge on any atom is -0.462 e. The van der Waals surface area contributed by atoms with Gasteiger partial charge in [-0.25, -0.2) is 0 Å². The van der Waals surface area contributed by atoms with Crippen molar-refractivity contribution in [3.8, 4) is 0 Å².